The largest absolute Gasteiger partial charge is 0.385 e. The van der Waals surface area contributed by atoms with E-state index in [1.165, 1.54) is 116 Å². The van der Waals surface area contributed by atoms with E-state index in [4.69, 9.17) is 4.52 Å². The Labute approximate surface area is 220 Å². The van der Waals surface area contributed by atoms with Crippen molar-refractivity contribution in [3.8, 4) is 0 Å². The maximum atomic E-state index is 12.5. The van der Waals surface area contributed by atoms with Crippen LogP contribution in [0.2, 0.25) is 0 Å². The Hall–Kier alpha value is -0.150. The molecule has 0 aromatic carbocycles. The van der Waals surface area contributed by atoms with E-state index in [2.05, 4.69) is 19.1 Å². The molecule has 0 aliphatic rings. The van der Waals surface area contributed by atoms with E-state index in [1.54, 1.807) is 0 Å². The van der Waals surface area contributed by atoms with Gasteiger partial charge in [0.25, 0.3) is 0 Å². The van der Waals surface area contributed by atoms with E-state index in [1.807, 2.05) is 28.1 Å². The predicted molar refractivity (Wildman–Crippen MR) is 155 cm³/mol. The van der Waals surface area contributed by atoms with E-state index in [0.717, 1.165) is 12.8 Å². The second kappa shape index (κ2) is 23.0. The maximum Gasteiger partial charge on any atom is 0.385 e. The van der Waals surface area contributed by atoms with Crippen LogP contribution in [-0.4, -0.2) is 42.9 Å². The lowest BCUT2D eigenvalue weighted by Gasteiger charge is -2.35. The Bertz CT molecular complexity index is 530. The number of unbranched alkanes of at least 4 members (excludes halogenated alkanes) is 18. The lowest BCUT2D eigenvalue weighted by atomic mass is 10.0. The Balaban J connectivity index is 3.38. The van der Waals surface area contributed by atoms with Crippen LogP contribution in [0.15, 0.2) is 12.2 Å². The summed E-state index contributed by atoms with van der Waals surface area (Å²) in [4.78, 5) is 10.3. The highest BCUT2D eigenvalue weighted by Gasteiger charge is 2.41. The first-order valence-corrected chi connectivity index (χ1v) is 16.8. The minimum Gasteiger partial charge on any atom is -0.320 e. The highest BCUT2D eigenvalue weighted by Crippen LogP contribution is 2.51. The average Bonchev–Trinajstić information content (AvgIpc) is 2.78. The highest BCUT2D eigenvalue weighted by atomic mass is 31.2. The second-order valence-electron chi connectivity index (χ2n) is 11.5. The zero-order valence-electron chi connectivity index (χ0n) is 24.4. The van der Waals surface area contributed by atoms with Gasteiger partial charge in [0.05, 0.1) is 27.7 Å². The van der Waals surface area contributed by atoms with Gasteiger partial charge in [-0.15, -0.1) is 0 Å². The normalized spacial score (nSPS) is 15.0. The Morgan fingerprint density at radius 3 is 1.40 bits per heavy atom. The standard InChI is InChI=1S/C30H62NO3P/c1-6-8-9-10-11-12-13-14-15-16-17-18-19-20-21-22-23-24-25-26-27-28-29-34-35(32,33)30(7-2)31(3,4)5/h15-16,30H,6-14,17-29H2,1-5H3/p+1. The number of hydrogen-bond donors (Lipinski definition) is 1. The van der Waals surface area contributed by atoms with E-state index in [0.29, 0.717) is 17.5 Å². The lowest BCUT2D eigenvalue weighted by molar-refractivity contribution is -0.883. The van der Waals surface area contributed by atoms with Gasteiger partial charge in [0.15, 0.2) is 5.78 Å². The van der Waals surface area contributed by atoms with Gasteiger partial charge in [0.1, 0.15) is 0 Å². The summed E-state index contributed by atoms with van der Waals surface area (Å²) in [6.45, 7) is 4.64. The Morgan fingerprint density at radius 2 is 1.03 bits per heavy atom. The van der Waals surface area contributed by atoms with Crippen LogP contribution in [0.3, 0.4) is 0 Å². The second-order valence-corrected chi connectivity index (χ2v) is 13.4. The molecule has 0 amide bonds. The van der Waals surface area contributed by atoms with Crippen LogP contribution < -0.4 is 0 Å². The van der Waals surface area contributed by atoms with Crippen molar-refractivity contribution < 1.29 is 18.5 Å². The first-order chi connectivity index (χ1) is 16.8. The molecule has 0 saturated heterocycles. The molecule has 0 spiro atoms. The van der Waals surface area contributed by atoms with E-state index in [9.17, 15) is 9.46 Å². The molecule has 2 atom stereocenters. The number of quaternary nitrogens is 1. The van der Waals surface area contributed by atoms with E-state index >= 15 is 0 Å². The smallest absolute Gasteiger partial charge is 0.320 e. The first kappa shape index (κ1) is 34.9. The van der Waals surface area contributed by atoms with E-state index < -0.39 is 7.60 Å². The molecule has 0 bridgehead atoms. The van der Waals surface area contributed by atoms with Crippen molar-refractivity contribution in [2.75, 3.05) is 27.7 Å². The molecular formula is C30H63NO3P+. The molecule has 0 radical (unpaired) electrons. The number of allylic oxidation sites excluding steroid dienone is 2. The van der Waals surface area contributed by atoms with Crippen LogP contribution in [0.1, 0.15) is 149 Å². The average molecular weight is 517 g/mol. The van der Waals surface area contributed by atoms with Gasteiger partial charge in [-0.1, -0.05) is 122 Å². The summed E-state index contributed by atoms with van der Waals surface area (Å²) in [5.41, 5.74) is 0. The molecule has 0 saturated carbocycles. The van der Waals surface area contributed by atoms with Crippen LogP contribution in [0.25, 0.3) is 0 Å². The molecule has 0 fully saturated rings. The lowest BCUT2D eigenvalue weighted by Crippen LogP contribution is -2.44. The van der Waals surface area contributed by atoms with Crippen molar-refractivity contribution in [1.29, 1.82) is 0 Å². The van der Waals surface area contributed by atoms with Gasteiger partial charge in [0, 0.05) is 6.42 Å². The highest BCUT2D eigenvalue weighted by molar-refractivity contribution is 7.53. The summed E-state index contributed by atoms with van der Waals surface area (Å²) in [6.07, 6.45) is 31.8. The van der Waals surface area contributed by atoms with Crippen molar-refractivity contribution in [2.24, 2.45) is 0 Å². The molecule has 5 heteroatoms. The fourth-order valence-corrected chi connectivity index (χ4v) is 6.81. The van der Waals surface area contributed by atoms with Crippen LogP contribution in [0.4, 0.5) is 0 Å². The third kappa shape index (κ3) is 21.6. The van der Waals surface area contributed by atoms with Gasteiger partial charge in [-0.05, 0) is 32.1 Å². The monoisotopic (exact) mass is 516 g/mol. The Kier molecular flexibility index (Phi) is 22.9. The van der Waals surface area contributed by atoms with Crippen molar-refractivity contribution in [2.45, 2.75) is 154 Å². The molecule has 0 aliphatic carbocycles. The van der Waals surface area contributed by atoms with Crippen molar-refractivity contribution >= 4 is 7.60 Å². The molecule has 1 N–H and O–H groups in total. The molecule has 0 aliphatic heterocycles. The van der Waals surface area contributed by atoms with Gasteiger partial charge in [-0.3, -0.25) is 4.57 Å². The molecule has 4 nitrogen and oxygen atoms in total. The summed E-state index contributed by atoms with van der Waals surface area (Å²) in [6, 6.07) is 0. The minimum absolute atomic E-state index is 0.348. The molecule has 0 heterocycles. The van der Waals surface area contributed by atoms with Gasteiger partial charge in [-0.2, -0.15) is 0 Å². The van der Waals surface area contributed by atoms with Crippen molar-refractivity contribution in [3.05, 3.63) is 12.2 Å². The summed E-state index contributed by atoms with van der Waals surface area (Å²) in [5, 5.41) is 0. The van der Waals surface area contributed by atoms with Gasteiger partial charge in [0.2, 0.25) is 0 Å². The quantitative estimate of drug-likeness (QED) is 0.0538. The molecule has 0 aromatic heterocycles. The number of nitrogens with zero attached hydrogens (tertiary/aromatic N) is 1. The zero-order valence-corrected chi connectivity index (χ0v) is 25.3. The first-order valence-electron chi connectivity index (χ1n) is 15.2. The molecule has 0 aromatic rings. The van der Waals surface area contributed by atoms with Crippen LogP contribution in [0.5, 0.6) is 0 Å². The molecule has 35 heavy (non-hydrogen) atoms. The van der Waals surface area contributed by atoms with Crippen LogP contribution in [-0.2, 0) is 9.09 Å². The maximum absolute atomic E-state index is 12.5. The third-order valence-electron chi connectivity index (χ3n) is 7.07. The molecule has 2 unspecified atom stereocenters. The van der Waals surface area contributed by atoms with Gasteiger partial charge < -0.3 is 13.9 Å². The summed E-state index contributed by atoms with van der Waals surface area (Å²) >= 11 is 0. The Morgan fingerprint density at radius 1 is 0.657 bits per heavy atom. The van der Waals surface area contributed by atoms with Crippen LogP contribution >= 0.6 is 7.60 Å². The van der Waals surface area contributed by atoms with Gasteiger partial charge in [-0.25, -0.2) is 0 Å². The van der Waals surface area contributed by atoms with E-state index in [-0.39, 0.29) is 5.78 Å². The molecule has 0 rings (SSSR count). The summed E-state index contributed by atoms with van der Waals surface area (Å²) in [7, 11) is 2.31. The number of rotatable bonds is 26. The topological polar surface area (TPSA) is 46.5 Å². The molecule has 210 valence electrons. The van der Waals surface area contributed by atoms with Crippen LogP contribution in [0, 0.1) is 0 Å². The number of hydrogen-bond acceptors (Lipinski definition) is 2. The third-order valence-corrected chi connectivity index (χ3v) is 9.43. The fourth-order valence-electron chi connectivity index (χ4n) is 4.91. The zero-order chi connectivity index (χ0) is 26.3. The molecular weight excluding hydrogens is 453 g/mol. The predicted octanol–water partition coefficient (Wildman–Crippen LogP) is 10.0. The summed E-state index contributed by atoms with van der Waals surface area (Å²) < 4.78 is 18.4. The fraction of sp³-hybridized carbons (Fsp3) is 0.933. The SMILES string of the molecule is CCCCCCCCCC=CCCCCCCCCCCCCCOP(=O)(O)C(CC)[N+](C)(C)C. The minimum atomic E-state index is -3.55. The van der Waals surface area contributed by atoms with Crippen molar-refractivity contribution in [3.63, 3.8) is 0 Å². The van der Waals surface area contributed by atoms with Gasteiger partial charge >= 0.3 is 7.60 Å². The van der Waals surface area contributed by atoms with Crippen molar-refractivity contribution in [1.82, 2.24) is 0 Å². The summed E-state index contributed by atoms with van der Waals surface area (Å²) in [5.74, 6) is -0.348.